The highest BCUT2D eigenvalue weighted by atomic mass is 79.9. The number of hydrogen-bond donors (Lipinski definition) is 2. The van der Waals surface area contributed by atoms with E-state index < -0.39 is 6.04 Å². The zero-order valence-corrected chi connectivity index (χ0v) is 18.2. The van der Waals surface area contributed by atoms with Crippen LogP contribution in [-0.4, -0.2) is 33.2 Å². The van der Waals surface area contributed by atoms with Crippen molar-refractivity contribution >= 4 is 51.0 Å². The minimum atomic E-state index is -0.400. The number of nitrogens with one attached hydrogen (secondary N) is 2. The fraction of sp³-hybridized carbons (Fsp3) is 0.200. The molecule has 3 aromatic rings. The van der Waals surface area contributed by atoms with E-state index in [1.807, 2.05) is 25.1 Å². The number of carbonyl (C=O) groups is 2. The van der Waals surface area contributed by atoms with Crippen molar-refractivity contribution in [1.29, 1.82) is 0 Å². The molecule has 2 amide bonds. The number of aromatic nitrogens is 3. The van der Waals surface area contributed by atoms with Gasteiger partial charge in [0.25, 0.3) is 5.91 Å². The van der Waals surface area contributed by atoms with Crippen molar-refractivity contribution in [2.24, 2.45) is 0 Å². The molecule has 0 saturated carbocycles. The van der Waals surface area contributed by atoms with E-state index in [2.05, 4.69) is 36.6 Å². The average molecular weight is 491 g/mol. The third kappa shape index (κ3) is 4.31. The van der Waals surface area contributed by atoms with Crippen molar-refractivity contribution in [3.63, 3.8) is 0 Å². The number of ether oxygens (including phenoxy) is 1. The lowest BCUT2D eigenvalue weighted by Gasteiger charge is -2.25. The Morgan fingerprint density at radius 3 is 3.00 bits per heavy atom. The number of hydrogen-bond acceptors (Lipinski definition) is 5. The number of rotatable bonds is 5. The molecule has 1 atom stereocenters. The molecule has 10 heteroatoms. The number of anilines is 2. The van der Waals surface area contributed by atoms with Crippen LogP contribution in [0.5, 0.6) is 5.75 Å². The maximum atomic E-state index is 12.4. The summed E-state index contributed by atoms with van der Waals surface area (Å²) in [4.78, 5) is 28.5. The third-order valence-electron chi connectivity index (χ3n) is 4.64. The van der Waals surface area contributed by atoms with Crippen molar-refractivity contribution in [1.82, 2.24) is 14.8 Å². The van der Waals surface area contributed by atoms with Crippen LogP contribution >= 0.6 is 27.5 Å². The molecule has 0 saturated heterocycles. The molecule has 1 aliphatic rings. The topological polar surface area (TPSA) is 98.1 Å². The van der Waals surface area contributed by atoms with Gasteiger partial charge < -0.3 is 10.1 Å². The molecular weight excluding hydrogens is 474 g/mol. The van der Waals surface area contributed by atoms with Crippen LogP contribution < -0.4 is 15.4 Å². The fourth-order valence-corrected chi connectivity index (χ4v) is 3.73. The number of aryl methyl sites for hydroxylation is 1. The van der Waals surface area contributed by atoms with E-state index in [4.69, 9.17) is 16.3 Å². The van der Waals surface area contributed by atoms with Crippen molar-refractivity contribution in [3.05, 3.63) is 63.3 Å². The van der Waals surface area contributed by atoms with Gasteiger partial charge in [0.1, 0.15) is 12.1 Å². The van der Waals surface area contributed by atoms with E-state index in [0.717, 1.165) is 15.6 Å². The summed E-state index contributed by atoms with van der Waals surface area (Å²) in [6, 6.07) is 10.3. The Balaban J connectivity index is 1.52. The lowest BCUT2D eigenvalue weighted by Crippen LogP contribution is -2.30. The second-order valence-electron chi connectivity index (χ2n) is 6.78. The maximum absolute atomic E-state index is 12.4. The summed E-state index contributed by atoms with van der Waals surface area (Å²) in [5, 5.41) is 10.2. The van der Waals surface area contributed by atoms with E-state index in [1.165, 1.54) is 6.33 Å². The first-order valence-corrected chi connectivity index (χ1v) is 10.3. The molecule has 2 aromatic carbocycles. The molecule has 0 spiro atoms. The predicted octanol–water partition coefficient (Wildman–Crippen LogP) is 3.95. The molecular formula is C20H17BrClN5O3. The molecule has 2 N–H and O–H groups in total. The summed E-state index contributed by atoms with van der Waals surface area (Å²) >= 11 is 9.55. The first-order valence-electron chi connectivity index (χ1n) is 9.08. The summed E-state index contributed by atoms with van der Waals surface area (Å²) in [6.45, 7) is 1.68. The van der Waals surface area contributed by atoms with Crippen LogP contribution in [0.1, 0.15) is 23.6 Å². The van der Waals surface area contributed by atoms with E-state index in [-0.39, 0.29) is 24.8 Å². The van der Waals surface area contributed by atoms with Crippen molar-refractivity contribution in [2.75, 3.05) is 17.2 Å². The van der Waals surface area contributed by atoms with Crippen LogP contribution in [0.3, 0.4) is 0 Å². The molecule has 1 unspecified atom stereocenters. The third-order valence-corrected chi connectivity index (χ3v) is 5.54. The Morgan fingerprint density at radius 2 is 2.20 bits per heavy atom. The second kappa shape index (κ2) is 8.45. The van der Waals surface area contributed by atoms with Gasteiger partial charge in [0.15, 0.2) is 6.61 Å². The molecule has 0 radical (unpaired) electrons. The van der Waals surface area contributed by atoms with Gasteiger partial charge in [-0.05, 0) is 42.8 Å². The number of halogens is 2. The Bertz CT molecular complexity index is 1130. The first-order chi connectivity index (χ1) is 14.4. The van der Waals surface area contributed by atoms with Gasteiger partial charge >= 0.3 is 0 Å². The lowest BCUT2D eigenvalue weighted by molar-refractivity contribution is -0.118. The molecule has 8 nitrogen and oxygen atoms in total. The molecule has 2 heterocycles. The van der Waals surface area contributed by atoms with Crippen LogP contribution in [0.25, 0.3) is 0 Å². The largest absolute Gasteiger partial charge is 0.483 e. The molecule has 0 bridgehead atoms. The Kier molecular flexibility index (Phi) is 5.74. The monoisotopic (exact) mass is 489 g/mol. The quantitative estimate of drug-likeness (QED) is 0.564. The van der Waals surface area contributed by atoms with Gasteiger partial charge in [-0.2, -0.15) is 10.1 Å². The van der Waals surface area contributed by atoms with Gasteiger partial charge in [-0.25, -0.2) is 4.68 Å². The van der Waals surface area contributed by atoms with Crippen molar-refractivity contribution in [2.45, 2.75) is 19.4 Å². The number of fused-ring (bicyclic) bond motifs is 1. The Hall–Kier alpha value is -2.91. The minimum absolute atomic E-state index is 0.166. The maximum Gasteiger partial charge on any atom is 0.262 e. The van der Waals surface area contributed by atoms with Gasteiger partial charge in [0.05, 0.1) is 12.5 Å². The van der Waals surface area contributed by atoms with E-state index in [9.17, 15) is 9.59 Å². The fourth-order valence-electron chi connectivity index (χ4n) is 3.17. The summed E-state index contributed by atoms with van der Waals surface area (Å²) in [5.74, 6) is 0.361. The zero-order valence-electron chi connectivity index (χ0n) is 15.9. The van der Waals surface area contributed by atoms with Gasteiger partial charge in [-0.1, -0.05) is 33.6 Å². The normalized spacial score (nSPS) is 15.3. The van der Waals surface area contributed by atoms with Crippen LogP contribution in [0.2, 0.25) is 5.02 Å². The number of amides is 2. The highest BCUT2D eigenvalue weighted by Crippen LogP contribution is 2.36. The Labute approximate surface area is 185 Å². The molecule has 1 aromatic heterocycles. The van der Waals surface area contributed by atoms with E-state index >= 15 is 0 Å². The first kappa shape index (κ1) is 20.4. The molecule has 1 aliphatic heterocycles. The minimum Gasteiger partial charge on any atom is -0.483 e. The second-order valence-corrected chi connectivity index (χ2v) is 8.10. The summed E-state index contributed by atoms with van der Waals surface area (Å²) in [7, 11) is 0. The number of carbonyl (C=O) groups excluding carboxylic acids is 2. The zero-order chi connectivity index (χ0) is 21.3. The van der Waals surface area contributed by atoms with Gasteiger partial charge in [0.2, 0.25) is 11.9 Å². The molecule has 0 aliphatic carbocycles. The summed E-state index contributed by atoms with van der Waals surface area (Å²) < 4.78 is 8.25. The van der Waals surface area contributed by atoms with Crippen LogP contribution in [0.15, 0.2) is 47.2 Å². The van der Waals surface area contributed by atoms with Crippen molar-refractivity contribution < 1.29 is 14.3 Å². The van der Waals surface area contributed by atoms with Crippen molar-refractivity contribution in [3.8, 4) is 5.75 Å². The summed E-state index contributed by atoms with van der Waals surface area (Å²) in [5.41, 5.74) is 2.23. The lowest BCUT2D eigenvalue weighted by atomic mass is 10.0. The standard InChI is InChI=1S/C20H17BrClN5O3/c1-11-2-4-13(7-15(11)22)25-19(29)9-30-17-5-3-12(21)6-14(17)16-8-18(28)26-20-23-10-24-27(16)20/h2-7,10,16H,8-9H2,1H3,(H,25,29)(H,23,24,26,28). The molecule has 30 heavy (non-hydrogen) atoms. The predicted molar refractivity (Wildman–Crippen MR) is 116 cm³/mol. The molecule has 0 fully saturated rings. The van der Waals surface area contributed by atoms with Crippen LogP contribution in [0, 0.1) is 6.92 Å². The Morgan fingerprint density at radius 1 is 1.37 bits per heavy atom. The molecule has 4 rings (SSSR count). The van der Waals surface area contributed by atoms with Gasteiger partial charge in [-0.3, -0.25) is 14.9 Å². The number of nitrogens with zero attached hydrogens (tertiary/aromatic N) is 3. The van der Waals surface area contributed by atoms with Crippen LogP contribution in [-0.2, 0) is 9.59 Å². The highest BCUT2D eigenvalue weighted by Gasteiger charge is 2.30. The van der Waals surface area contributed by atoms with Crippen LogP contribution in [0.4, 0.5) is 11.6 Å². The van der Waals surface area contributed by atoms with Gasteiger partial charge in [0, 0.05) is 20.7 Å². The average Bonchev–Trinajstić information content (AvgIpc) is 3.17. The smallest absolute Gasteiger partial charge is 0.262 e. The highest BCUT2D eigenvalue weighted by molar-refractivity contribution is 9.10. The number of benzene rings is 2. The van der Waals surface area contributed by atoms with E-state index in [1.54, 1.807) is 22.9 Å². The SMILES string of the molecule is Cc1ccc(NC(=O)COc2ccc(Br)cc2C2CC(=O)Nc3ncnn32)cc1Cl. The summed E-state index contributed by atoms with van der Waals surface area (Å²) in [6.07, 6.45) is 1.56. The van der Waals surface area contributed by atoms with Gasteiger partial charge in [-0.15, -0.1) is 0 Å². The molecule has 154 valence electrons. The van der Waals surface area contributed by atoms with E-state index in [0.29, 0.717) is 22.4 Å².